The molecule has 0 radical (unpaired) electrons. The van der Waals surface area contributed by atoms with Gasteiger partial charge in [0, 0.05) is 44.3 Å². The number of hydrogen-bond acceptors (Lipinski definition) is 8. The Morgan fingerprint density at radius 2 is 1.55 bits per heavy atom. The van der Waals surface area contributed by atoms with E-state index in [-0.39, 0.29) is 0 Å². The van der Waals surface area contributed by atoms with Gasteiger partial charge in [-0.2, -0.15) is 5.10 Å². The molecule has 5 heterocycles. The Bertz CT molecular complexity index is 1420. The Balaban J connectivity index is 1.03. The molecule has 3 aliphatic heterocycles. The maximum absolute atomic E-state index is 6.39. The van der Waals surface area contributed by atoms with Crippen molar-refractivity contribution in [1.29, 1.82) is 0 Å². The molecule has 0 unspecified atom stereocenters. The summed E-state index contributed by atoms with van der Waals surface area (Å²) in [6.07, 6.45) is 6.34. The summed E-state index contributed by atoms with van der Waals surface area (Å²) < 4.78 is 8.09. The van der Waals surface area contributed by atoms with Crippen LogP contribution in [-0.2, 0) is 0 Å². The van der Waals surface area contributed by atoms with E-state index in [1.54, 1.807) is 6.33 Å². The van der Waals surface area contributed by atoms with E-state index < -0.39 is 0 Å². The van der Waals surface area contributed by atoms with E-state index >= 15 is 0 Å². The normalized spacial score (nSPS) is 20.1. The first-order chi connectivity index (χ1) is 19.7. The second kappa shape index (κ2) is 11.2. The minimum absolute atomic E-state index is 0.301. The number of likely N-dealkylation sites (tertiary alicyclic amines) is 2. The van der Waals surface area contributed by atoms with Gasteiger partial charge in [-0.1, -0.05) is 18.2 Å². The zero-order valence-electron chi connectivity index (χ0n) is 23.0. The first-order valence-corrected chi connectivity index (χ1v) is 14.7. The summed E-state index contributed by atoms with van der Waals surface area (Å²) in [6, 6.07) is 18.9. The second-order valence-electron chi connectivity index (χ2n) is 11.5. The van der Waals surface area contributed by atoms with E-state index in [9.17, 15) is 0 Å². The van der Waals surface area contributed by atoms with Crippen molar-refractivity contribution in [2.24, 2.45) is 5.92 Å². The number of piperidine rings is 2. The van der Waals surface area contributed by atoms with Crippen LogP contribution in [0.1, 0.15) is 31.7 Å². The molecule has 3 aliphatic rings. The van der Waals surface area contributed by atoms with Crippen molar-refractivity contribution in [2.75, 3.05) is 51.5 Å². The smallest absolute Gasteiger partial charge is 0.164 e. The lowest BCUT2D eigenvalue weighted by Gasteiger charge is -2.43. The number of nitrogens with two attached hydrogens (primary N) is 1. The lowest BCUT2D eigenvalue weighted by molar-refractivity contribution is 0.0769. The number of nitrogen functional groups attached to an aromatic ring is 1. The molecule has 0 spiro atoms. The first-order valence-electron chi connectivity index (χ1n) is 14.7. The van der Waals surface area contributed by atoms with E-state index in [0.717, 1.165) is 71.7 Å². The molecule has 4 aromatic rings. The molecule has 9 nitrogen and oxygen atoms in total. The molecular weight excluding hydrogens is 500 g/mol. The fourth-order valence-electron chi connectivity index (χ4n) is 6.50. The predicted molar refractivity (Wildman–Crippen MR) is 157 cm³/mol. The Morgan fingerprint density at radius 1 is 0.825 bits per heavy atom. The lowest BCUT2D eigenvalue weighted by atomic mass is 9.93. The van der Waals surface area contributed by atoms with Crippen LogP contribution in [0.5, 0.6) is 11.5 Å². The molecule has 208 valence electrons. The number of anilines is 1. The molecule has 2 aromatic carbocycles. The van der Waals surface area contributed by atoms with Crippen LogP contribution < -0.4 is 15.8 Å². The zero-order valence-corrected chi connectivity index (χ0v) is 23.0. The van der Waals surface area contributed by atoms with Crippen LogP contribution in [-0.4, -0.2) is 81.4 Å². The van der Waals surface area contributed by atoms with Crippen molar-refractivity contribution in [3.8, 4) is 22.8 Å². The van der Waals surface area contributed by atoms with Crippen LogP contribution in [0.2, 0.25) is 0 Å². The van der Waals surface area contributed by atoms with E-state index in [4.69, 9.17) is 15.6 Å². The van der Waals surface area contributed by atoms with Crippen LogP contribution >= 0.6 is 0 Å². The molecule has 9 heteroatoms. The summed E-state index contributed by atoms with van der Waals surface area (Å²) in [5, 5.41) is 9.34. The largest absolute Gasteiger partial charge is 0.457 e. The summed E-state index contributed by atoms with van der Waals surface area (Å²) in [4.78, 5) is 14.3. The van der Waals surface area contributed by atoms with Crippen molar-refractivity contribution in [3.63, 3.8) is 0 Å². The number of benzene rings is 2. The third-order valence-electron chi connectivity index (χ3n) is 8.97. The summed E-state index contributed by atoms with van der Waals surface area (Å²) in [5.74, 6) is 2.88. The third kappa shape index (κ3) is 5.16. The van der Waals surface area contributed by atoms with Gasteiger partial charge in [-0.25, -0.2) is 14.6 Å². The maximum atomic E-state index is 6.39. The molecular formula is C31H38N8O. The summed E-state index contributed by atoms with van der Waals surface area (Å²) in [5.41, 5.74) is 9.02. The lowest BCUT2D eigenvalue weighted by Crippen LogP contribution is -2.59. The van der Waals surface area contributed by atoms with Crippen LogP contribution in [0, 0.1) is 5.92 Å². The molecule has 0 aliphatic carbocycles. The van der Waals surface area contributed by atoms with Gasteiger partial charge in [-0.3, -0.25) is 4.90 Å². The Kier molecular flexibility index (Phi) is 7.09. The summed E-state index contributed by atoms with van der Waals surface area (Å²) in [7, 11) is 0. The second-order valence-corrected chi connectivity index (χ2v) is 11.5. The van der Waals surface area contributed by atoms with E-state index in [1.165, 1.54) is 45.6 Å². The standard InChI is InChI=1S/C31H38N8O/c32-30-28-29(23-6-8-27(9-7-23)40-26-4-2-1-3-5-26)36-39(31(28)35-21-34-30)24-12-14-37(15-13-24)20-22-10-16-38(17-11-22)25-18-33-19-25/h1-9,21-22,24-25,33H,10-20H2,(H2,32,34,35). The van der Waals surface area contributed by atoms with Gasteiger partial charge in [0.25, 0.3) is 0 Å². The minimum atomic E-state index is 0.301. The number of para-hydroxylation sites is 1. The Hall–Kier alpha value is -3.53. The number of nitrogens with zero attached hydrogens (tertiary/aromatic N) is 6. The molecule has 2 aromatic heterocycles. The average molecular weight is 539 g/mol. The van der Waals surface area contributed by atoms with Crippen molar-refractivity contribution in [2.45, 2.75) is 37.8 Å². The van der Waals surface area contributed by atoms with Crippen molar-refractivity contribution < 1.29 is 4.74 Å². The average Bonchev–Trinajstić information content (AvgIpc) is 3.36. The number of rotatable bonds is 7. The van der Waals surface area contributed by atoms with Crippen molar-refractivity contribution in [1.82, 2.24) is 34.9 Å². The van der Waals surface area contributed by atoms with Crippen LogP contribution in [0.3, 0.4) is 0 Å². The van der Waals surface area contributed by atoms with Gasteiger partial charge >= 0.3 is 0 Å². The molecule has 3 N–H and O–H groups in total. The van der Waals surface area contributed by atoms with Gasteiger partial charge in [0.05, 0.1) is 11.4 Å². The monoisotopic (exact) mass is 538 g/mol. The van der Waals surface area contributed by atoms with Gasteiger partial charge in [0.15, 0.2) is 5.65 Å². The topological polar surface area (TPSA) is 97.4 Å². The molecule has 0 saturated carbocycles. The fraction of sp³-hybridized carbons (Fsp3) is 0.452. The molecule has 7 rings (SSSR count). The maximum Gasteiger partial charge on any atom is 0.164 e. The minimum Gasteiger partial charge on any atom is -0.457 e. The predicted octanol–water partition coefficient (Wildman–Crippen LogP) is 4.19. The van der Waals surface area contributed by atoms with Crippen LogP contribution in [0.25, 0.3) is 22.3 Å². The first kappa shape index (κ1) is 25.4. The highest BCUT2D eigenvalue weighted by atomic mass is 16.5. The highest BCUT2D eigenvalue weighted by Crippen LogP contribution is 2.35. The van der Waals surface area contributed by atoms with Gasteiger partial charge in [-0.15, -0.1) is 0 Å². The van der Waals surface area contributed by atoms with Crippen LogP contribution in [0.4, 0.5) is 5.82 Å². The Labute approximate surface area is 235 Å². The van der Waals surface area contributed by atoms with E-state index in [2.05, 4.69) is 29.8 Å². The SMILES string of the molecule is Nc1ncnc2c1c(-c1ccc(Oc3ccccc3)cc1)nn2C1CCN(CC2CCN(C3CNC3)CC2)CC1. The van der Waals surface area contributed by atoms with Gasteiger partial charge in [-0.05, 0) is 81.1 Å². The summed E-state index contributed by atoms with van der Waals surface area (Å²) >= 11 is 0. The van der Waals surface area contributed by atoms with Gasteiger partial charge < -0.3 is 20.7 Å². The number of fused-ring (bicyclic) bond motifs is 1. The third-order valence-corrected chi connectivity index (χ3v) is 8.97. The number of hydrogen-bond donors (Lipinski definition) is 2. The molecule has 0 bridgehead atoms. The number of ether oxygens (including phenoxy) is 1. The molecule has 3 fully saturated rings. The van der Waals surface area contributed by atoms with Crippen molar-refractivity contribution in [3.05, 3.63) is 60.9 Å². The highest BCUT2D eigenvalue weighted by Gasteiger charge is 2.31. The highest BCUT2D eigenvalue weighted by molar-refractivity contribution is 5.98. The molecule has 3 saturated heterocycles. The molecule has 0 amide bonds. The number of aromatic nitrogens is 4. The van der Waals surface area contributed by atoms with Gasteiger partial charge in [0.1, 0.15) is 29.3 Å². The number of nitrogens with one attached hydrogen (secondary N) is 1. The van der Waals surface area contributed by atoms with Crippen LogP contribution in [0.15, 0.2) is 60.9 Å². The van der Waals surface area contributed by atoms with Crippen molar-refractivity contribution >= 4 is 16.9 Å². The quantitative estimate of drug-likeness (QED) is 0.362. The Morgan fingerprint density at radius 3 is 2.25 bits per heavy atom. The molecule has 0 atom stereocenters. The summed E-state index contributed by atoms with van der Waals surface area (Å²) in [6.45, 7) is 8.28. The fourth-order valence-corrected chi connectivity index (χ4v) is 6.50. The zero-order chi connectivity index (χ0) is 26.9. The van der Waals surface area contributed by atoms with E-state index in [1.807, 2.05) is 54.6 Å². The van der Waals surface area contributed by atoms with E-state index in [0.29, 0.717) is 11.9 Å². The van der Waals surface area contributed by atoms with Gasteiger partial charge in [0.2, 0.25) is 0 Å². The molecule has 40 heavy (non-hydrogen) atoms.